The van der Waals surface area contributed by atoms with Gasteiger partial charge in [-0.05, 0) is 37.1 Å². The predicted octanol–water partition coefficient (Wildman–Crippen LogP) is 4.11. The summed E-state index contributed by atoms with van der Waals surface area (Å²) >= 11 is 0. The molecule has 0 atom stereocenters. The Labute approximate surface area is 190 Å². The van der Waals surface area contributed by atoms with Gasteiger partial charge in [-0.1, -0.05) is 5.16 Å². The molecule has 1 saturated heterocycles. The van der Waals surface area contributed by atoms with E-state index in [-0.39, 0.29) is 36.4 Å². The third kappa shape index (κ3) is 5.08. The molecule has 0 spiro atoms. The Morgan fingerprint density at radius 3 is 2.64 bits per heavy atom. The summed E-state index contributed by atoms with van der Waals surface area (Å²) in [6.07, 6.45) is 1.66. The molecule has 33 heavy (non-hydrogen) atoms. The Morgan fingerprint density at radius 2 is 1.91 bits per heavy atom. The summed E-state index contributed by atoms with van der Waals surface area (Å²) in [5, 5.41) is 7.73. The quantitative estimate of drug-likeness (QED) is 0.576. The molecule has 1 aliphatic heterocycles. The van der Waals surface area contributed by atoms with Crippen molar-refractivity contribution in [3.05, 3.63) is 47.9 Å². The highest BCUT2D eigenvalue weighted by molar-refractivity contribution is 5.94. The number of nitrogens with one attached hydrogen (secondary N) is 1. The smallest absolute Gasteiger partial charge is 0.224 e. The van der Waals surface area contributed by atoms with Crippen LogP contribution in [0.15, 0.2) is 40.9 Å². The van der Waals surface area contributed by atoms with Crippen molar-refractivity contribution < 1.29 is 28.0 Å². The molecule has 0 radical (unpaired) electrons. The highest BCUT2D eigenvalue weighted by atomic mass is 19.1. The van der Waals surface area contributed by atoms with Crippen LogP contribution in [0.3, 0.4) is 0 Å². The van der Waals surface area contributed by atoms with Crippen LogP contribution in [-0.4, -0.2) is 49.2 Å². The van der Waals surface area contributed by atoms with Crippen LogP contribution in [0.5, 0.6) is 11.5 Å². The molecule has 4 rings (SSSR count). The topological polar surface area (TPSA) is 93.9 Å². The second kappa shape index (κ2) is 9.89. The number of benzene rings is 2. The Kier molecular flexibility index (Phi) is 6.76. The number of carbonyl (C=O) groups excluding carboxylic acids is 2. The van der Waals surface area contributed by atoms with Gasteiger partial charge in [0, 0.05) is 49.4 Å². The average molecular weight is 455 g/mol. The van der Waals surface area contributed by atoms with Crippen LogP contribution in [0.4, 0.5) is 10.1 Å². The van der Waals surface area contributed by atoms with Crippen LogP contribution in [0.25, 0.3) is 11.0 Å². The molecule has 1 aromatic heterocycles. The predicted molar refractivity (Wildman–Crippen MR) is 120 cm³/mol. The lowest BCUT2D eigenvalue weighted by atomic mass is 9.91. The molecule has 0 saturated carbocycles. The van der Waals surface area contributed by atoms with E-state index in [1.807, 2.05) is 0 Å². The Hall–Kier alpha value is -3.62. The van der Waals surface area contributed by atoms with Gasteiger partial charge in [0.2, 0.25) is 11.8 Å². The molecule has 1 N–H and O–H groups in total. The minimum absolute atomic E-state index is 0.0618. The third-order valence-electron chi connectivity index (χ3n) is 5.94. The number of hydrogen-bond donors (Lipinski definition) is 1. The molecular formula is C24H26FN3O5. The van der Waals surface area contributed by atoms with Crippen molar-refractivity contribution in [2.75, 3.05) is 32.6 Å². The van der Waals surface area contributed by atoms with E-state index in [9.17, 15) is 14.0 Å². The summed E-state index contributed by atoms with van der Waals surface area (Å²) in [6.45, 7) is 1.15. The second-order valence-electron chi connectivity index (χ2n) is 7.98. The number of likely N-dealkylation sites (tertiary alicyclic amines) is 1. The van der Waals surface area contributed by atoms with Gasteiger partial charge in [-0.3, -0.25) is 9.59 Å². The molecule has 0 aliphatic carbocycles. The highest BCUT2D eigenvalue weighted by Gasteiger charge is 2.27. The number of rotatable bonds is 7. The molecule has 174 valence electrons. The van der Waals surface area contributed by atoms with Crippen LogP contribution in [0.1, 0.15) is 37.3 Å². The lowest BCUT2D eigenvalue weighted by Crippen LogP contribution is -2.38. The zero-order valence-electron chi connectivity index (χ0n) is 18.6. The molecular weight excluding hydrogens is 429 g/mol. The summed E-state index contributed by atoms with van der Waals surface area (Å²) < 4.78 is 29.1. The van der Waals surface area contributed by atoms with E-state index < -0.39 is 0 Å². The van der Waals surface area contributed by atoms with Crippen molar-refractivity contribution in [3.8, 4) is 11.5 Å². The number of carbonyl (C=O) groups is 2. The van der Waals surface area contributed by atoms with Crippen molar-refractivity contribution in [2.45, 2.75) is 31.6 Å². The molecule has 1 fully saturated rings. The van der Waals surface area contributed by atoms with E-state index in [0.717, 1.165) is 23.9 Å². The molecule has 9 heteroatoms. The van der Waals surface area contributed by atoms with E-state index in [2.05, 4.69) is 10.5 Å². The number of ether oxygens (including phenoxy) is 2. The maximum atomic E-state index is 13.4. The fourth-order valence-electron chi connectivity index (χ4n) is 4.13. The second-order valence-corrected chi connectivity index (χ2v) is 7.98. The summed E-state index contributed by atoms with van der Waals surface area (Å²) in [6, 6.07) is 9.53. The van der Waals surface area contributed by atoms with Crippen molar-refractivity contribution in [3.63, 3.8) is 0 Å². The molecule has 2 amide bonds. The Bertz CT molecular complexity index is 1150. The first kappa shape index (κ1) is 22.6. The Morgan fingerprint density at radius 1 is 1.12 bits per heavy atom. The zero-order chi connectivity index (χ0) is 23.4. The number of methoxy groups -OCH3 is 2. The van der Waals surface area contributed by atoms with Crippen LogP contribution in [0.2, 0.25) is 0 Å². The fourth-order valence-corrected chi connectivity index (χ4v) is 4.13. The van der Waals surface area contributed by atoms with Crippen molar-refractivity contribution in [1.29, 1.82) is 0 Å². The lowest BCUT2D eigenvalue weighted by Gasteiger charge is -2.31. The zero-order valence-corrected chi connectivity index (χ0v) is 18.6. The van der Waals surface area contributed by atoms with E-state index in [1.54, 1.807) is 36.3 Å². The van der Waals surface area contributed by atoms with E-state index in [0.29, 0.717) is 35.9 Å². The van der Waals surface area contributed by atoms with Gasteiger partial charge in [0.15, 0.2) is 5.58 Å². The number of anilines is 1. The normalized spacial score (nSPS) is 14.3. The lowest BCUT2D eigenvalue weighted by molar-refractivity contribution is -0.133. The van der Waals surface area contributed by atoms with Crippen LogP contribution in [0, 0.1) is 5.82 Å². The van der Waals surface area contributed by atoms with E-state index in [1.165, 1.54) is 19.2 Å². The maximum absolute atomic E-state index is 13.4. The SMILES string of the molecule is COc1ccc(OC)c(NC(=O)CCC(=O)N2CCC(c3noc4cc(F)ccc34)CC2)c1. The molecule has 2 heterocycles. The number of aromatic nitrogens is 1. The van der Waals surface area contributed by atoms with Gasteiger partial charge in [-0.15, -0.1) is 0 Å². The van der Waals surface area contributed by atoms with Gasteiger partial charge in [0.25, 0.3) is 0 Å². The summed E-state index contributed by atoms with van der Waals surface area (Å²) in [5.41, 5.74) is 1.74. The first-order valence-electron chi connectivity index (χ1n) is 10.8. The standard InChI is InChI=1S/C24H26FN3O5/c1-31-17-4-6-20(32-2)19(14-17)26-22(29)7-8-23(30)28-11-9-15(10-12-28)24-18-5-3-16(25)13-21(18)33-27-24/h3-6,13-15H,7-12H2,1-2H3,(H,26,29). The van der Waals surface area contributed by atoms with E-state index in [4.69, 9.17) is 14.0 Å². The number of nitrogens with zero attached hydrogens (tertiary/aromatic N) is 2. The molecule has 0 bridgehead atoms. The van der Waals surface area contributed by atoms with Gasteiger partial charge in [0.1, 0.15) is 17.3 Å². The van der Waals surface area contributed by atoms with Gasteiger partial charge in [0.05, 0.1) is 25.6 Å². The van der Waals surface area contributed by atoms with Crippen molar-refractivity contribution in [2.24, 2.45) is 0 Å². The fraction of sp³-hybridized carbons (Fsp3) is 0.375. The van der Waals surface area contributed by atoms with E-state index >= 15 is 0 Å². The van der Waals surface area contributed by atoms with Gasteiger partial charge in [-0.2, -0.15) is 0 Å². The number of hydrogen-bond acceptors (Lipinski definition) is 6. The van der Waals surface area contributed by atoms with Gasteiger partial charge >= 0.3 is 0 Å². The molecule has 0 unspecified atom stereocenters. The summed E-state index contributed by atoms with van der Waals surface area (Å²) in [7, 11) is 3.06. The number of halogens is 1. The molecule has 1 aliphatic rings. The van der Waals surface area contributed by atoms with Gasteiger partial charge < -0.3 is 24.2 Å². The maximum Gasteiger partial charge on any atom is 0.224 e. The largest absolute Gasteiger partial charge is 0.497 e. The molecule has 8 nitrogen and oxygen atoms in total. The monoisotopic (exact) mass is 455 g/mol. The first-order chi connectivity index (χ1) is 16.0. The first-order valence-corrected chi connectivity index (χ1v) is 10.8. The Balaban J connectivity index is 1.28. The van der Waals surface area contributed by atoms with Crippen molar-refractivity contribution in [1.82, 2.24) is 10.1 Å². The molecule has 3 aromatic rings. The third-order valence-corrected chi connectivity index (χ3v) is 5.94. The highest BCUT2D eigenvalue weighted by Crippen LogP contribution is 2.33. The minimum atomic E-state index is -0.362. The van der Waals surface area contributed by atoms with Crippen LogP contribution >= 0.6 is 0 Å². The average Bonchev–Trinajstić information content (AvgIpc) is 3.25. The number of fused-ring (bicyclic) bond motifs is 1. The number of piperidine rings is 1. The minimum Gasteiger partial charge on any atom is -0.497 e. The summed E-state index contributed by atoms with van der Waals surface area (Å²) in [4.78, 5) is 26.8. The number of amides is 2. The van der Waals surface area contributed by atoms with Crippen LogP contribution in [-0.2, 0) is 9.59 Å². The van der Waals surface area contributed by atoms with Gasteiger partial charge in [-0.25, -0.2) is 4.39 Å². The molecule has 2 aromatic carbocycles. The summed E-state index contributed by atoms with van der Waals surface area (Å²) in [5.74, 6) is 0.555. The van der Waals surface area contributed by atoms with Crippen LogP contribution < -0.4 is 14.8 Å². The van der Waals surface area contributed by atoms with Crippen molar-refractivity contribution >= 4 is 28.5 Å².